The molecular weight excluding hydrogens is 389 g/mol. The number of amides is 1. The maximum atomic E-state index is 12.8. The van der Waals surface area contributed by atoms with Crippen LogP contribution in [0.4, 0.5) is 5.69 Å². The molecule has 6 nitrogen and oxygen atoms in total. The smallest absolute Gasteiger partial charge is 0.267 e. The van der Waals surface area contributed by atoms with Crippen molar-refractivity contribution in [3.63, 3.8) is 0 Å². The van der Waals surface area contributed by atoms with E-state index in [1.807, 2.05) is 0 Å². The number of carbonyl (C=O) groups excluding carboxylic acids is 1. The summed E-state index contributed by atoms with van der Waals surface area (Å²) in [6.07, 6.45) is 1.62. The van der Waals surface area contributed by atoms with E-state index in [0.29, 0.717) is 22.1 Å². The fourth-order valence-electron chi connectivity index (χ4n) is 2.58. The summed E-state index contributed by atoms with van der Waals surface area (Å²) in [4.78, 5) is 29.6. The first-order chi connectivity index (χ1) is 12.9. The number of rotatable bonds is 4. The maximum Gasteiger partial charge on any atom is 0.267 e. The van der Waals surface area contributed by atoms with Crippen molar-refractivity contribution in [1.82, 2.24) is 9.55 Å². The van der Waals surface area contributed by atoms with Crippen LogP contribution in [-0.2, 0) is 6.54 Å². The lowest BCUT2D eigenvalue weighted by Gasteiger charge is -2.13. The third kappa shape index (κ3) is 4.13. The Kier molecular flexibility index (Phi) is 5.48. The van der Waals surface area contributed by atoms with Gasteiger partial charge in [0.25, 0.3) is 11.5 Å². The molecule has 0 fully saturated rings. The molecule has 0 bridgehead atoms. The number of carbonyl (C=O) groups is 1. The van der Waals surface area contributed by atoms with Crippen molar-refractivity contribution in [3.05, 3.63) is 86.0 Å². The molecule has 3 rings (SSSR count). The Morgan fingerprint density at radius 2 is 1.96 bits per heavy atom. The number of nitrogens with one attached hydrogen (secondary N) is 1. The number of pyridine rings is 2. The van der Waals surface area contributed by atoms with Crippen molar-refractivity contribution in [3.8, 4) is 5.75 Å². The minimum atomic E-state index is -0.745. The Balaban J connectivity index is 1.97. The van der Waals surface area contributed by atoms with Gasteiger partial charge in [-0.3, -0.25) is 14.6 Å². The summed E-state index contributed by atoms with van der Waals surface area (Å²) in [6.45, 7) is 1.85. The van der Waals surface area contributed by atoms with E-state index in [1.54, 1.807) is 37.4 Å². The summed E-state index contributed by atoms with van der Waals surface area (Å²) in [5.41, 5.74) is 0.543. The van der Waals surface area contributed by atoms with Gasteiger partial charge in [-0.15, -0.1) is 0 Å². The summed E-state index contributed by atoms with van der Waals surface area (Å²) >= 11 is 11.8. The molecule has 2 N–H and O–H groups in total. The number of halogens is 2. The molecule has 0 aliphatic carbocycles. The van der Waals surface area contributed by atoms with Gasteiger partial charge in [-0.1, -0.05) is 29.3 Å². The summed E-state index contributed by atoms with van der Waals surface area (Å²) in [5, 5.41) is 13.3. The van der Waals surface area contributed by atoms with Crippen LogP contribution in [0.5, 0.6) is 5.75 Å². The van der Waals surface area contributed by atoms with E-state index in [4.69, 9.17) is 23.2 Å². The van der Waals surface area contributed by atoms with Crippen LogP contribution in [0.25, 0.3) is 0 Å². The molecule has 2 aromatic heterocycles. The van der Waals surface area contributed by atoms with Crippen molar-refractivity contribution in [2.75, 3.05) is 5.32 Å². The van der Waals surface area contributed by atoms with Gasteiger partial charge in [-0.25, -0.2) is 0 Å². The zero-order valence-electron chi connectivity index (χ0n) is 14.2. The highest BCUT2D eigenvalue weighted by atomic mass is 35.5. The van der Waals surface area contributed by atoms with Crippen LogP contribution in [0.2, 0.25) is 10.0 Å². The second-order valence-corrected chi connectivity index (χ2v) is 6.66. The van der Waals surface area contributed by atoms with E-state index < -0.39 is 17.2 Å². The Morgan fingerprint density at radius 1 is 1.19 bits per heavy atom. The first-order valence-corrected chi connectivity index (χ1v) is 8.72. The van der Waals surface area contributed by atoms with Crippen LogP contribution >= 0.6 is 23.2 Å². The highest BCUT2D eigenvalue weighted by Crippen LogP contribution is 2.25. The number of hydrogen-bond donors (Lipinski definition) is 2. The molecule has 2 heterocycles. The average Bonchev–Trinajstić information content (AvgIpc) is 2.62. The van der Waals surface area contributed by atoms with Gasteiger partial charge in [0.15, 0.2) is 0 Å². The normalized spacial score (nSPS) is 10.6. The number of anilines is 1. The third-order valence-corrected chi connectivity index (χ3v) is 4.68. The van der Waals surface area contributed by atoms with E-state index in [0.717, 1.165) is 0 Å². The molecule has 1 aromatic carbocycles. The quantitative estimate of drug-likeness (QED) is 0.692. The van der Waals surface area contributed by atoms with Gasteiger partial charge < -0.3 is 15.0 Å². The van der Waals surface area contributed by atoms with Gasteiger partial charge in [0.2, 0.25) is 0 Å². The van der Waals surface area contributed by atoms with Crippen molar-refractivity contribution in [1.29, 1.82) is 0 Å². The van der Waals surface area contributed by atoms with Crippen LogP contribution in [0.3, 0.4) is 0 Å². The summed E-state index contributed by atoms with van der Waals surface area (Å²) in [5.74, 6) is -1.14. The van der Waals surface area contributed by atoms with Crippen LogP contribution < -0.4 is 10.9 Å². The standard InChI is InChI=1S/C19H15Cl2N3O3/c1-11-8-16(25)17(18(26)23-12-5-6-14(20)15(21)9-12)19(27)24(11)10-13-4-2-3-7-22-13/h2-9,25H,10H2,1H3,(H,23,26). The van der Waals surface area contributed by atoms with Gasteiger partial charge in [-0.2, -0.15) is 0 Å². The van der Waals surface area contributed by atoms with Crippen molar-refractivity contribution >= 4 is 34.8 Å². The maximum absolute atomic E-state index is 12.8. The van der Waals surface area contributed by atoms with E-state index >= 15 is 0 Å². The highest BCUT2D eigenvalue weighted by Gasteiger charge is 2.20. The minimum Gasteiger partial charge on any atom is -0.507 e. The van der Waals surface area contributed by atoms with Gasteiger partial charge in [-0.05, 0) is 37.3 Å². The molecule has 0 aliphatic heterocycles. The Labute approximate surface area is 165 Å². The Hall–Kier alpha value is -2.83. The van der Waals surface area contributed by atoms with E-state index in [2.05, 4.69) is 10.3 Å². The molecule has 0 saturated carbocycles. The number of benzene rings is 1. The third-order valence-electron chi connectivity index (χ3n) is 3.94. The highest BCUT2D eigenvalue weighted by molar-refractivity contribution is 6.42. The van der Waals surface area contributed by atoms with Crippen LogP contribution in [0, 0.1) is 6.92 Å². The monoisotopic (exact) mass is 403 g/mol. The molecule has 27 heavy (non-hydrogen) atoms. The molecule has 0 aliphatic rings. The minimum absolute atomic E-state index is 0.179. The van der Waals surface area contributed by atoms with Crippen molar-refractivity contribution in [2.24, 2.45) is 0 Å². The predicted molar refractivity (Wildman–Crippen MR) is 105 cm³/mol. The van der Waals surface area contributed by atoms with Gasteiger partial charge >= 0.3 is 0 Å². The zero-order valence-corrected chi connectivity index (χ0v) is 15.8. The molecule has 0 unspecified atom stereocenters. The number of aromatic nitrogens is 2. The van der Waals surface area contributed by atoms with E-state index in [9.17, 15) is 14.7 Å². The topological polar surface area (TPSA) is 84.2 Å². The van der Waals surface area contributed by atoms with E-state index in [-0.39, 0.29) is 17.1 Å². The molecule has 1 amide bonds. The fraction of sp³-hybridized carbons (Fsp3) is 0.105. The number of aryl methyl sites for hydroxylation is 1. The summed E-state index contributed by atoms with van der Waals surface area (Å²) in [6, 6.07) is 11.2. The predicted octanol–water partition coefficient (Wildman–Crippen LogP) is 3.86. The van der Waals surface area contributed by atoms with Crippen molar-refractivity contribution < 1.29 is 9.90 Å². The van der Waals surface area contributed by atoms with Crippen LogP contribution in [0.1, 0.15) is 21.7 Å². The first kappa shape index (κ1) is 18.9. The Morgan fingerprint density at radius 3 is 2.63 bits per heavy atom. The van der Waals surface area contributed by atoms with Gasteiger partial charge in [0.05, 0.1) is 22.3 Å². The molecule has 0 atom stereocenters. The number of aromatic hydroxyl groups is 1. The zero-order chi connectivity index (χ0) is 19.6. The SMILES string of the molecule is Cc1cc(O)c(C(=O)Nc2ccc(Cl)c(Cl)c2)c(=O)n1Cc1ccccn1. The lowest BCUT2D eigenvalue weighted by Crippen LogP contribution is -2.31. The summed E-state index contributed by atoms with van der Waals surface area (Å²) in [7, 11) is 0. The number of hydrogen-bond acceptors (Lipinski definition) is 4. The van der Waals surface area contributed by atoms with Crippen LogP contribution in [-0.4, -0.2) is 20.6 Å². The fourth-order valence-corrected chi connectivity index (χ4v) is 2.88. The largest absolute Gasteiger partial charge is 0.507 e. The average molecular weight is 404 g/mol. The van der Waals surface area contributed by atoms with E-state index in [1.165, 1.54) is 22.8 Å². The molecule has 138 valence electrons. The molecular formula is C19H15Cl2N3O3. The van der Waals surface area contributed by atoms with Gasteiger partial charge in [0.1, 0.15) is 11.3 Å². The lowest BCUT2D eigenvalue weighted by molar-refractivity contribution is 0.102. The second-order valence-electron chi connectivity index (χ2n) is 5.84. The van der Waals surface area contributed by atoms with Crippen molar-refractivity contribution in [2.45, 2.75) is 13.5 Å². The molecule has 0 spiro atoms. The summed E-state index contributed by atoms with van der Waals surface area (Å²) < 4.78 is 1.38. The second kappa shape index (κ2) is 7.82. The molecule has 8 heteroatoms. The van der Waals surface area contributed by atoms with Gasteiger partial charge in [0, 0.05) is 23.6 Å². The molecule has 0 saturated heterocycles. The lowest BCUT2D eigenvalue weighted by atomic mass is 10.2. The first-order valence-electron chi connectivity index (χ1n) is 7.96. The number of nitrogens with zero attached hydrogens (tertiary/aromatic N) is 2. The van der Waals surface area contributed by atoms with Crippen LogP contribution in [0.15, 0.2) is 53.5 Å². The molecule has 0 radical (unpaired) electrons. The molecule has 3 aromatic rings. The Bertz CT molecular complexity index is 1070.